The molecule has 1 heterocycles. The van der Waals surface area contributed by atoms with Crippen molar-refractivity contribution < 1.29 is 9.90 Å². The Hall–Kier alpha value is -2.01. The Morgan fingerprint density at radius 2 is 2.10 bits per heavy atom. The fraction of sp³-hybridized carbons (Fsp3) is 0.333. The molecular weight excluding hydrogens is 292 g/mol. The van der Waals surface area contributed by atoms with E-state index in [4.69, 9.17) is 11.6 Å². The summed E-state index contributed by atoms with van der Waals surface area (Å²) in [6.07, 6.45) is 0. The summed E-state index contributed by atoms with van der Waals surface area (Å²) in [6, 6.07) is 4.83. The van der Waals surface area contributed by atoms with Crippen LogP contribution in [0.3, 0.4) is 0 Å². The number of aromatic nitrogens is 1. The standard InChI is InChI=1S/C15H17ClN2O3/c1-8(2)7-17-18-9(3)12(15(20)21)10-5-4-6-11(16)13(10)14(18)19/h4-6,8,17H,7H2,1-3H3,(H,20,21). The van der Waals surface area contributed by atoms with Crippen molar-refractivity contribution in [3.8, 4) is 0 Å². The summed E-state index contributed by atoms with van der Waals surface area (Å²) in [6.45, 7) is 6.16. The number of carboxylic acid groups (broad SMARTS) is 1. The van der Waals surface area contributed by atoms with Gasteiger partial charge in [0.1, 0.15) is 0 Å². The molecule has 0 atom stereocenters. The number of halogens is 1. The number of hydrogen-bond donors (Lipinski definition) is 2. The predicted molar refractivity (Wildman–Crippen MR) is 84.0 cm³/mol. The van der Waals surface area contributed by atoms with Crippen molar-refractivity contribution >= 4 is 28.3 Å². The summed E-state index contributed by atoms with van der Waals surface area (Å²) in [5.41, 5.74) is 3.09. The Morgan fingerprint density at radius 3 is 2.67 bits per heavy atom. The van der Waals surface area contributed by atoms with Gasteiger partial charge in [-0.2, -0.15) is 0 Å². The molecule has 0 aliphatic rings. The van der Waals surface area contributed by atoms with Crippen molar-refractivity contribution in [2.75, 3.05) is 12.0 Å². The highest BCUT2D eigenvalue weighted by atomic mass is 35.5. The number of hydrogen-bond acceptors (Lipinski definition) is 3. The Kier molecular flexibility index (Phi) is 4.23. The lowest BCUT2D eigenvalue weighted by Crippen LogP contribution is -2.34. The Labute approximate surface area is 127 Å². The molecule has 2 rings (SSSR count). The third-order valence-corrected chi connectivity index (χ3v) is 3.58. The molecule has 0 amide bonds. The first-order chi connectivity index (χ1) is 9.84. The largest absolute Gasteiger partial charge is 0.478 e. The van der Waals surface area contributed by atoms with Crippen LogP contribution in [0.4, 0.5) is 0 Å². The van der Waals surface area contributed by atoms with E-state index >= 15 is 0 Å². The zero-order valence-electron chi connectivity index (χ0n) is 12.1. The van der Waals surface area contributed by atoms with Gasteiger partial charge in [-0.15, -0.1) is 0 Å². The summed E-state index contributed by atoms with van der Waals surface area (Å²) in [7, 11) is 0. The number of carbonyl (C=O) groups is 1. The summed E-state index contributed by atoms with van der Waals surface area (Å²) < 4.78 is 1.28. The molecule has 2 aromatic rings. The predicted octanol–water partition coefficient (Wildman–Crippen LogP) is 2.86. The van der Waals surface area contributed by atoms with E-state index in [9.17, 15) is 14.7 Å². The average Bonchev–Trinajstić information content (AvgIpc) is 2.37. The van der Waals surface area contributed by atoms with Crippen LogP contribution in [-0.2, 0) is 0 Å². The maximum Gasteiger partial charge on any atom is 0.338 e. The molecule has 21 heavy (non-hydrogen) atoms. The van der Waals surface area contributed by atoms with Gasteiger partial charge in [0.15, 0.2) is 0 Å². The second-order valence-corrected chi connectivity index (χ2v) is 5.73. The molecule has 6 heteroatoms. The number of benzene rings is 1. The van der Waals surface area contributed by atoms with Crippen LogP contribution in [0.15, 0.2) is 23.0 Å². The van der Waals surface area contributed by atoms with Gasteiger partial charge < -0.3 is 10.5 Å². The highest BCUT2D eigenvalue weighted by Crippen LogP contribution is 2.25. The van der Waals surface area contributed by atoms with Crippen LogP contribution in [0.25, 0.3) is 10.8 Å². The maximum atomic E-state index is 12.6. The number of carboxylic acids is 1. The van der Waals surface area contributed by atoms with Crippen LogP contribution in [-0.4, -0.2) is 22.3 Å². The minimum Gasteiger partial charge on any atom is -0.478 e. The molecule has 0 saturated carbocycles. The summed E-state index contributed by atoms with van der Waals surface area (Å²) in [5.74, 6) is -0.772. The first-order valence-electron chi connectivity index (χ1n) is 6.65. The first kappa shape index (κ1) is 15.4. The number of rotatable bonds is 4. The Balaban J connectivity index is 2.84. The van der Waals surface area contributed by atoms with Crippen LogP contribution in [0, 0.1) is 12.8 Å². The van der Waals surface area contributed by atoms with Gasteiger partial charge in [-0.1, -0.05) is 37.6 Å². The van der Waals surface area contributed by atoms with Gasteiger partial charge in [0.2, 0.25) is 0 Å². The average molecular weight is 309 g/mol. The highest BCUT2D eigenvalue weighted by molar-refractivity contribution is 6.35. The topological polar surface area (TPSA) is 71.3 Å². The van der Waals surface area contributed by atoms with Crippen molar-refractivity contribution in [3.63, 3.8) is 0 Å². The molecule has 5 nitrogen and oxygen atoms in total. The van der Waals surface area contributed by atoms with Gasteiger partial charge in [0, 0.05) is 11.9 Å². The zero-order valence-corrected chi connectivity index (χ0v) is 12.9. The molecule has 0 unspecified atom stereocenters. The van der Waals surface area contributed by atoms with Gasteiger partial charge in [0.25, 0.3) is 5.56 Å². The van der Waals surface area contributed by atoms with Crippen molar-refractivity contribution in [2.24, 2.45) is 5.92 Å². The number of nitrogens with zero attached hydrogens (tertiary/aromatic N) is 1. The third-order valence-electron chi connectivity index (χ3n) is 3.27. The number of pyridine rings is 1. The van der Waals surface area contributed by atoms with E-state index in [-0.39, 0.29) is 21.5 Å². The van der Waals surface area contributed by atoms with Crippen LogP contribution < -0.4 is 11.0 Å². The number of nitrogens with one attached hydrogen (secondary N) is 1. The molecular formula is C15H17ClN2O3. The zero-order chi connectivity index (χ0) is 15.7. The smallest absolute Gasteiger partial charge is 0.338 e. The van der Waals surface area contributed by atoms with Crippen LogP contribution in [0.1, 0.15) is 29.9 Å². The third kappa shape index (κ3) is 2.74. The number of aromatic carboxylic acids is 1. The van der Waals surface area contributed by atoms with Gasteiger partial charge in [-0.25, -0.2) is 9.47 Å². The molecule has 0 saturated heterocycles. The van der Waals surface area contributed by atoms with Crippen molar-refractivity contribution in [1.82, 2.24) is 4.68 Å². The van der Waals surface area contributed by atoms with Gasteiger partial charge >= 0.3 is 5.97 Å². The summed E-state index contributed by atoms with van der Waals surface area (Å²) in [5, 5.41) is 10.3. The molecule has 0 radical (unpaired) electrons. The fourth-order valence-corrected chi connectivity index (χ4v) is 2.51. The maximum absolute atomic E-state index is 12.6. The van der Waals surface area contributed by atoms with Crippen LogP contribution in [0.2, 0.25) is 5.02 Å². The summed E-state index contributed by atoms with van der Waals surface area (Å²) >= 11 is 6.09. The van der Waals surface area contributed by atoms with Gasteiger partial charge in [-0.05, 0) is 18.9 Å². The lowest BCUT2D eigenvalue weighted by atomic mass is 10.0. The van der Waals surface area contributed by atoms with Gasteiger partial charge in [0.05, 0.1) is 21.7 Å². The normalized spacial score (nSPS) is 11.1. The SMILES string of the molecule is Cc1c(C(=O)O)c2cccc(Cl)c2c(=O)n1NCC(C)C. The quantitative estimate of drug-likeness (QED) is 0.911. The van der Waals surface area contributed by atoms with E-state index in [0.717, 1.165) is 0 Å². The minimum absolute atomic E-state index is 0.0864. The molecule has 1 aromatic heterocycles. The lowest BCUT2D eigenvalue weighted by molar-refractivity contribution is 0.0697. The molecule has 1 aromatic carbocycles. The fourth-order valence-electron chi connectivity index (χ4n) is 2.25. The summed E-state index contributed by atoms with van der Waals surface area (Å²) in [4.78, 5) is 24.1. The second kappa shape index (κ2) is 5.77. The monoisotopic (exact) mass is 308 g/mol. The van der Waals surface area contributed by atoms with Crippen molar-refractivity contribution in [2.45, 2.75) is 20.8 Å². The highest BCUT2D eigenvalue weighted by Gasteiger charge is 2.20. The van der Waals surface area contributed by atoms with Crippen LogP contribution >= 0.6 is 11.6 Å². The lowest BCUT2D eigenvalue weighted by Gasteiger charge is -2.18. The Bertz CT molecular complexity index is 766. The van der Waals surface area contributed by atoms with E-state index in [1.807, 2.05) is 13.8 Å². The molecule has 0 aliphatic carbocycles. The van der Waals surface area contributed by atoms with Gasteiger partial charge in [-0.3, -0.25) is 4.79 Å². The van der Waals surface area contributed by atoms with Crippen molar-refractivity contribution in [3.05, 3.63) is 44.8 Å². The first-order valence-corrected chi connectivity index (χ1v) is 7.03. The number of fused-ring (bicyclic) bond motifs is 1. The molecule has 0 aliphatic heterocycles. The second-order valence-electron chi connectivity index (χ2n) is 5.32. The van der Waals surface area contributed by atoms with Crippen molar-refractivity contribution in [1.29, 1.82) is 0 Å². The van der Waals surface area contributed by atoms with E-state index in [2.05, 4.69) is 5.43 Å². The molecule has 0 spiro atoms. The molecule has 112 valence electrons. The molecule has 2 N–H and O–H groups in total. The van der Waals surface area contributed by atoms with E-state index in [0.29, 0.717) is 23.5 Å². The minimum atomic E-state index is -1.08. The van der Waals surface area contributed by atoms with E-state index in [1.54, 1.807) is 25.1 Å². The van der Waals surface area contributed by atoms with E-state index < -0.39 is 5.97 Å². The molecule has 0 fully saturated rings. The van der Waals surface area contributed by atoms with E-state index in [1.165, 1.54) is 4.68 Å². The Morgan fingerprint density at radius 1 is 1.43 bits per heavy atom. The van der Waals surface area contributed by atoms with Crippen LogP contribution in [0.5, 0.6) is 0 Å². The molecule has 0 bridgehead atoms.